The van der Waals surface area contributed by atoms with E-state index in [-0.39, 0.29) is 45.7 Å². The highest BCUT2D eigenvalue weighted by Gasteiger charge is 2.42. The summed E-state index contributed by atoms with van der Waals surface area (Å²) in [6, 6.07) is 19.7. The van der Waals surface area contributed by atoms with Crippen LogP contribution in [-0.2, 0) is 46.3 Å². The third kappa shape index (κ3) is 28.0. The standard InChI is InChI=1S/C42H63O3P.C25H54O8P2/c1-37(2,3)28-19-22-34(31(25-28)40(10,11)12)43-46(44-35-23-20-29(38(4,5)6)26-32(35)41(13,14)15)45-36-24-21-30(39(7,8)9)27-33(36)42(16,17)18;1-22(2)15-11-7-5-9-13-17-24(31-18-14-10-6-8-12-16-23(3)4)25(19-26,20-32-34(27)28)21-33-35(29)30/h19-27H,1-18H3;22-24,26-30H,5-21H2,1-4H3. The van der Waals surface area contributed by atoms with Gasteiger partial charge in [-0.05, 0) is 92.1 Å². The van der Waals surface area contributed by atoms with Gasteiger partial charge in [-0.3, -0.25) is 0 Å². The van der Waals surface area contributed by atoms with Gasteiger partial charge in [0.25, 0.3) is 0 Å². The summed E-state index contributed by atoms with van der Waals surface area (Å²) in [5.41, 5.74) is 5.73. The van der Waals surface area contributed by atoms with Crippen molar-refractivity contribution in [3.8, 4) is 17.2 Å². The van der Waals surface area contributed by atoms with Crippen molar-refractivity contribution >= 4 is 25.8 Å². The van der Waals surface area contributed by atoms with Crippen LogP contribution >= 0.6 is 25.8 Å². The molecule has 14 heteroatoms. The maximum Gasteiger partial charge on any atom is 0.530 e. The molecule has 0 aliphatic heterocycles. The van der Waals surface area contributed by atoms with Crippen molar-refractivity contribution in [3.05, 3.63) is 88.0 Å². The summed E-state index contributed by atoms with van der Waals surface area (Å²) in [7, 11) is -7.14. The largest absolute Gasteiger partial charge is 0.530 e. The molecule has 0 saturated carbocycles. The Morgan fingerprint density at radius 1 is 0.395 bits per heavy atom. The number of benzene rings is 3. The van der Waals surface area contributed by atoms with Crippen molar-refractivity contribution in [2.75, 3.05) is 26.4 Å². The fraction of sp³-hybridized carbons (Fsp3) is 0.731. The molecule has 3 rings (SSSR count). The van der Waals surface area contributed by atoms with Gasteiger partial charge in [-0.25, -0.2) is 0 Å². The van der Waals surface area contributed by atoms with Crippen LogP contribution in [0.15, 0.2) is 54.6 Å². The quantitative estimate of drug-likeness (QED) is 0.0309. The van der Waals surface area contributed by atoms with Crippen LogP contribution in [0.3, 0.4) is 0 Å². The number of unbranched alkanes of at least 4 members (excludes halogenated alkanes) is 8. The van der Waals surface area contributed by atoms with Crippen molar-refractivity contribution in [1.29, 1.82) is 0 Å². The monoisotopic (exact) mass is 1190 g/mol. The maximum absolute atomic E-state index is 10.3. The average Bonchev–Trinajstić information content (AvgIpc) is 3.34. The summed E-state index contributed by atoms with van der Waals surface area (Å²) >= 11 is 0. The minimum Gasteiger partial charge on any atom is -0.408 e. The second-order valence-corrected chi connectivity index (χ2v) is 32.3. The number of aliphatic hydroxyl groups is 1. The first-order chi connectivity index (χ1) is 37.2. The van der Waals surface area contributed by atoms with Crippen LogP contribution in [0, 0.1) is 17.3 Å². The van der Waals surface area contributed by atoms with E-state index in [4.69, 9.17) is 27.4 Å². The van der Waals surface area contributed by atoms with Gasteiger partial charge in [0.2, 0.25) is 0 Å². The summed E-state index contributed by atoms with van der Waals surface area (Å²) in [5, 5.41) is 10.3. The van der Waals surface area contributed by atoms with Crippen LogP contribution in [0.4, 0.5) is 0 Å². The average molecular weight is 1190 g/mol. The molecule has 0 aromatic heterocycles. The zero-order chi connectivity index (χ0) is 61.8. The summed E-state index contributed by atoms with van der Waals surface area (Å²) < 4.78 is 37.1. The Kier molecular flexibility index (Phi) is 31.4. The van der Waals surface area contributed by atoms with Crippen LogP contribution in [-0.4, -0.2) is 57.2 Å². The SMILES string of the molecule is CC(C)(C)c1ccc(OP(Oc2ccc(C(C)(C)C)cc2C(C)(C)C)Oc2ccc(C(C)(C)C)cc2C(C)(C)C)c(C(C)(C)C)c1.CC(C)CCCCCCCOC(CCCCCCCC(C)C)C(CO)(COP(O)O)COP(O)O. The smallest absolute Gasteiger partial charge is 0.408 e. The van der Waals surface area contributed by atoms with Crippen LogP contribution in [0.2, 0.25) is 0 Å². The van der Waals surface area contributed by atoms with Gasteiger partial charge in [-0.15, -0.1) is 0 Å². The number of ether oxygens (including phenoxy) is 1. The van der Waals surface area contributed by atoms with Crippen molar-refractivity contribution in [1.82, 2.24) is 0 Å². The molecule has 0 aliphatic carbocycles. The van der Waals surface area contributed by atoms with E-state index in [1.807, 2.05) is 0 Å². The molecule has 1 atom stereocenters. The lowest BCUT2D eigenvalue weighted by Gasteiger charge is -2.38. The minimum absolute atomic E-state index is 0.0170. The zero-order valence-electron chi connectivity index (χ0n) is 55.0. The highest BCUT2D eigenvalue weighted by atomic mass is 31.2. The first-order valence-electron chi connectivity index (χ1n) is 30.3. The van der Waals surface area contributed by atoms with Crippen LogP contribution in [0.25, 0.3) is 0 Å². The van der Waals surface area contributed by atoms with E-state index in [2.05, 4.69) is 207 Å². The molecule has 1 unspecified atom stereocenters. The van der Waals surface area contributed by atoms with E-state index in [0.29, 0.717) is 13.0 Å². The lowest BCUT2D eigenvalue weighted by Crippen LogP contribution is -2.47. The van der Waals surface area contributed by atoms with Gasteiger partial charge in [-0.2, -0.15) is 0 Å². The minimum atomic E-state index is -2.62. The number of aliphatic hydroxyl groups excluding tert-OH is 1. The first kappa shape index (κ1) is 75.1. The molecule has 3 aromatic carbocycles. The Hall–Kier alpha value is -1.97. The molecule has 0 aliphatic rings. The Labute approximate surface area is 498 Å². The normalized spacial score (nSPS) is 13.6. The van der Waals surface area contributed by atoms with Gasteiger partial charge >= 0.3 is 25.8 Å². The lowest BCUT2D eigenvalue weighted by molar-refractivity contribution is -0.111. The fourth-order valence-corrected chi connectivity index (χ4v) is 11.3. The second kappa shape index (κ2) is 33.8. The third-order valence-corrected chi connectivity index (χ3v) is 16.7. The molecule has 0 heterocycles. The molecule has 466 valence electrons. The molecule has 0 spiro atoms. The molecule has 0 saturated heterocycles. The van der Waals surface area contributed by atoms with Crippen molar-refractivity contribution in [2.24, 2.45) is 17.3 Å². The summed E-state index contributed by atoms with van der Waals surface area (Å²) in [5.74, 6) is 3.83. The zero-order valence-corrected chi connectivity index (χ0v) is 57.7. The van der Waals surface area contributed by atoms with Crippen molar-refractivity contribution in [3.63, 3.8) is 0 Å². The highest BCUT2D eigenvalue weighted by Crippen LogP contribution is 2.50. The van der Waals surface area contributed by atoms with Gasteiger partial charge in [0.05, 0.1) is 31.3 Å². The predicted molar refractivity (Wildman–Crippen MR) is 344 cm³/mol. The number of hydrogen-bond donors (Lipinski definition) is 5. The van der Waals surface area contributed by atoms with Crippen LogP contribution in [0.5, 0.6) is 17.2 Å². The van der Waals surface area contributed by atoms with E-state index in [1.165, 1.54) is 55.2 Å². The highest BCUT2D eigenvalue weighted by molar-refractivity contribution is 7.43. The van der Waals surface area contributed by atoms with Crippen molar-refractivity contribution in [2.45, 2.75) is 274 Å². The second-order valence-electron chi connectivity index (χ2n) is 29.8. The lowest BCUT2D eigenvalue weighted by atomic mass is 9.80. The molecule has 0 fully saturated rings. The van der Waals surface area contributed by atoms with Gasteiger partial charge < -0.3 is 52.0 Å². The molecule has 0 bridgehead atoms. The predicted octanol–water partition coefficient (Wildman–Crippen LogP) is 19.4. The van der Waals surface area contributed by atoms with Gasteiger partial charge in [0.1, 0.15) is 17.2 Å². The molecule has 81 heavy (non-hydrogen) atoms. The Morgan fingerprint density at radius 3 is 0.963 bits per heavy atom. The fourth-order valence-electron chi connectivity index (χ4n) is 9.47. The molecular weight excluding hydrogens is 1070 g/mol. The molecule has 3 aromatic rings. The molecular formula is C67H117O11P3. The van der Waals surface area contributed by atoms with Gasteiger partial charge in [0, 0.05) is 23.3 Å². The Morgan fingerprint density at radius 2 is 0.691 bits per heavy atom. The Bertz CT molecular complexity index is 2040. The Balaban J connectivity index is 0.000000577. The summed E-state index contributed by atoms with van der Waals surface area (Å²) in [6.07, 6.45) is 13.7. The van der Waals surface area contributed by atoms with E-state index in [0.717, 1.165) is 84.3 Å². The third-order valence-electron chi connectivity index (χ3n) is 14.9. The van der Waals surface area contributed by atoms with Crippen molar-refractivity contribution < 1.29 is 52.0 Å². The summed E-state index contributed by atoms with van der Waals surface area (Å²) in [4.78, 5) is 37.2. The van der Waals surface area contributed by atoms with E-state index in [9.17, 15) is 24.7 Å². The van der Waals surface area contributed by atoms with E-state index >= 15 is 0 Å². The molecule has 0 amide bonds. The summed E-state index contributed by atoms with van der Waals surface area (Å²) in [6.45, 7) is 49.0. The van der Waals surface area contributed by atoms with Gasteiger partial charge in [0.15, 0.2) is 0 Å². The first-order valence-corrected chi connectivity index (χ1v) is 33.8. The van der Waals surface area contributed by atoms with E-state index < -0.39 is 43.9 Å². The van der Waals surface area contributed by atoms with Crippen LogP contribution in [0.1, 0.15) is 269 Å². The maximum atomic E-state index is 10.3. The molecule has 11 nitrogen and oxygen atoms in total. The molecule has 5 N–H and O–H groups in total. The topological polar surface area (TPSA) is 157 Å². The van der Waals surface area contributed by atoms with Crippen LogP contribution < -0.4 is 13.6 Å². The van der Waals surface area contributed by atoms with E-state index in [1.54, 1.807) is 0 Å². The number of hydrogen-bond acceptors (Lipinski definition) is 11. The molecule has 0 radical (unpaired) electrons. The number of rotatable bonds is 31. The van der Waals surface area contributed by atoms with Gasteiger partial charge in [-0.1, -0.05) is 259 Å².